The number of aromatic nitrogens is 3. The molecular weight excluding hydrogens is 546 g/mol. The highest BCUT2D eigenvalue weighted by atomic mass is 19.4. The Morgan fingerprint density at radius 3 is 2.59 bits per heavy atom. The van der Waals surface area contributed by atoms with Crippen LogP contribution in [0, 0.1) is 11.7 Å². The molecule has 1 saturated carbocycles. The molecule has 0 unspecified atom stereocenters. The van der Waals surface area contributed by atoms with Gasteiger partial charge in [0.05, 0.1) is 26.0 Å². The smallest absolute Gasteiger partial charge is 0.424 e. The number of carbonyl (C=O) groups is 1. The highest BCUT2D eigenvalue weighted by Crippen LogP contribution is 2.47. The van der Waals surface area contributed by atoms with Gasteiger partial charge in [-0.15, -0.1) is 0 Å². The maximum atomic E-state index is 14.6. The Kier molecular flexibility index (Phi) is 7.60. The molecule has 1 aliphatic heterocycles. The van der Waals surface area contributed by atoms with Crippen LogP contribution < -0.4 is 20.1 Å². The summed E-state index contributed by atoms with van der Waals surface area (Å²) in [6.45, 7) is 1.96. The van der Waals surface area contributed by atoms with Crippen molar-refractivity contribution in [2.45, 2.75) is 37.0 Å². The predicted octanol–water partition coefficient (Wildman–Crippen LogP) is 3.52. The van der Waals surface area contributed by atoms with Gasteiger partial charge in [-0.25, -0.2) is 14.4 Å². The van der Waals surface area contributed by atoms with Crippen LogP contribution in [0.25, 0.3) is 11.3 Å². The molecule has 1 aromatic carbocycles. The molecule has 5 rings (SSSR count). The number of methoxy groups -OCH3 is 1. The molecule has 3 aromatic rings. The van der Waals surface area contributed by atoms with E-state index in [1.54, 1.807) is 0 Å². The lowest BCUT2D eigenvalue weighted by Gasteiger charge is -2.32. The van der Waals surface area contributed by atoms with Crippen LogP contribution in [0.2, 0.25) is 0 Å². The fourth-order valence-electron chi connectivity index (χ4n) is 4.67. The van der Waals surface area contributed by atoms with E-state index in [4.69, 9.17) is 9.47 Å². The molecule has 0 bridgehead atoms. The van der Waals surface area contributed by atoms with Crippen molar-refractivity contribution in [3.05, 3.63) is 65.4 Å². The van der Waals surface area contributed by atoms with Crippen molar-refractivity contribution in [1.82, 2.24) is 25.6 Å². The number of fused-ring (bicyclic) bond motifs is 1. The Morgan fingerprint density at radius 1 is 1.20 bits per heavy atom. The first-order valence-corrected chi connectivity index (χ1v) is 13.0. The zero-order valence-corrected chi connectivity index (χ0v) is 22.4. The zero-order chi connectivity index (χ0) is 29.4. The van der Waals surface area contributed by atoms with Gasteiger partial charge in [0, 0.05) is 29.3 Å². The Labute approximate surface area is 233 Å². The SMILES string of the molecule is COc1nccc(C(=O)NC[C@](O)(c2cc3c(c(-c4ccc(F)cc4)n2)OC[C@]3(C)CNCC2CC2)C(F)(F)F)n1. The number of carbonyl (C=O) groups excluding carboxylic acids is 1. The summed E-state index contributed by atoms with van der Waals surface area (Å²) in [5.41, 5.74) is -4.57. The minimum atomic E-state index is -5.25. The van der Waals surface area contributed by atoms with Crippen LogP contribution in [0.1, 0.15) is 41.5 Å². The first-order valence-electron chi connectivity index (χ1n) is 13.0. The molecule has 41 heavy (non-hydrogen) atoms. The van der Waals surface area contributed by atoms with E-state index >= 15 is 0 Å². The van der Waals surface area contributed by atoms with Gasteiger partial charge < -0.3 is 25.2 Å². The monoisotopic (exact) mass is 575 g/mol. The van der Waals surface area contributed by atoms with E-state index in [9.17, 15) is 27.5 Å². The lowest BCUT2D eigenvalue weighted by atomic mass is 9.82. The number of aliphatic hydroxyl groups is 1. The molecule has 13 heteroatoms. The molecule has 3 heterocycles. The van der Waals surface area contributed by atoms with Crippen molar-refractivity contribution in [3.63, 3.8) is 0 Å². The third-order valence-corrected chi connectivity index (χ3v) is 7.37. The number of rotatable bonds is 10. The molecule has 0 spiro atoms. The van der Waals surface area contributed by atoms with Gasteiger partial charge in [0.1, 0.15) is 23.0 Å². The lowest BCUT2D eigenvalue weighted by Crippen LogP contribution is -2.51. The fourth-order valence-corrected chi connectivity index (χ4v) is 4.67. The van der Waals surface area contributed by atoms with Crippen molar-refractivity contribution in [1.29, 1.82) is 0 Å². The number of halogens is 4. The number of ether oxygens (including phenoxy) is 2. The maximum absolute atomic E-state index is 14.6. The number of hydrogen-bond donors (Lipinski definition) is 3. The highest BCUT2D eigenvalue weighted by Gasteiger charge is 2.57. The molecule has 2 aromatic heterocycles. The second-order valence-corrected chi connectivity index (χ2v) is 10.6. The van der Waals surface area contributed by atoms with Gasteiger partial charge in [0.25, 0.3) is 5.91 Å². The Morgan fingerprint density at radius 2 is 1.93 bits per heavy atom. The van der Waals surface area contributed by atoms with Crippen molar-refractivity contribution in [3.8, 4) is 23.0 Å². The van der Waals surface area contributed by atoms with Gasteiger partial charge in [-0.2, -0.15) is 18.2 Å². The molecule has 0 radical (unpaired) electrons. The third kappa shape index (κ3) is 5.82. The third-order valence-electron chi connectivity index (χ3n) is 7.37. The highest BCUT2D eigenvalue weighted by molar-refractivity contribution is 5.92. The summed E-state index contributed by atoms with van der Waals surface area (Å²) in [5, 5.41) is 16.7. The molecule has 3 N–H and O–H groups in total. The predicted molar refractivity (Wildman–Crippen MR) is 139 cm³/mol. The molecule has 1 amide bonds. The van der Waals surface area contributed by atoms with Gasteiger partial charge in [-0.05, 0) is 61.7 Å². The Bertz CT molecular complexity index is 1430. The lowest BCUT2D eigenvalue weighted by molar-refractivity contribution is -0.265. The van der Waals surface area contributed by atoms with Crippen molar-refractivity contribution in [2.24, 2.45) is 5.92 Å². The number of pyridine rings is 1. The van der Waals surface area contributed by atoms with Crippen molar-refractivity contribution < 1.29 is 36.9 Å². The largest absolute Gasteiger partial charge is 0.490 e. The van der Waals surface area contributed by atoms with Gasteiger partial charge in [-0.1, -0.05) is 6.92 Å². The molecule has 1 aliphatic carbocycles. The minimum absolute atomic E-state index is 0.0259. The number of hydrogen-bond acceptors (Lipinski definition) is 8. The van der Waals surface area contributed by atoms with Crippen LogP contribution in [-0.2, 0) is 11.0 Å². The first-order chi connectivity index (χ1) is 19.4. The Hall–Kier alpha value is -3.84. The first kappa shape index (κ1) is 28.7. The van der Waals surface area contributed by atoms with E-state index in [0.29, 0.717) is 23.6 Å². The number of nitrogens with one attached hydrogen (secondary N) is 2. The van der Waals surface area contributed by atoms with Crippen molar-refractivity contribution in [2.75, 3.05) is 33.4 Å². The van der Waals surface area contributed by atoms with Crippen LogP contribution in [0.3, 0.4) is 0 Å². The van der Waals surface area contributed by atoms with E-state index in [-0.39, 0.29) is 29.8 Å². The maximum Gasteiger partial charge on any atom is 0.424 e. The van der Waals surface area contributed by atoms with E-state index in [2.05, 4.69) is 25.6 Å². The molecule has 2 aliphatic rings. The summed E-state index contributed by atoms with van der Waals surface area (Å²) in [5.74, 6) is -0.673. The Balaban J connectivity index is 1.54. The molecule has 0 saturated heterocycles. The standard InChI is InChI=1S/C28H29F4N5O4/c1-26(13-33-12-16-3-4-16)15-41-23-19(26)11-21(37-22(23)17-5-7-18(29)8-6-17)27(39,28(30,31)32)14-35-24(38)20-9-10-34-25(36-20)40-2/h5-11,16,33,39H,3-4,12-15H2,1-2H3,(H,35,38)/t26-,27-/m0/s1. The topological polar surface area (TPSA) is 118 Å². The van der Waals surface area contributed by atoms with Gasteiger partial charge in [0.15, 0.2) is 0 Å². The van der Waals surface area contributed by atoms with E-state index in [1.165, 1.54) is 37.6 Å². The molecular formula is C28H29F4N5O4. The molecule has 2 atom stereocenters. The van der Waals surface area contributed by atoms with Crippen LogP contribution in [0.5, 0.6) is 11.8 Å². The number of benzene rings is 1. The van der Waals surface area contributed by atoms with Crippen molar-refractivity contribution >= 4 is 5.91 Å². The van der Waals surface area contributed by atoms with Crippen LogP contribution in [0.15, 0.2) is 42.6 Å². The van der Waals surface area contributed by atoms with Crippen LogP contribution in [0.4, 0.5) is 17.6 Å². The van der Waals surface area contributed by atoms with E-state index < -0.39 is 41.2 Å². The molecule has 1 fully saturated rings. The normalized spacial score (nSPS) is 19.7. The number of amides is 1. The number of alkyl halides is 3. The second-order valence-electron chi connectivity index (χ2n) is 10.6. The summed E-state index contributed by atoms with van der Waals surface area (Å²) in [6, 6.07) is 7.30. The number of nitrogens with zero attached hydrogens (tertiary/aromatic N) is 3. The van der Waals surface area contributed by atoms with Gasteiger partial charge in [0.2, 0.25) is 5.60 Å². The minimum Gasteiger partial charge on any atom is -0.490 e. The van der Waals surface area contributed by atoms with E-state index in [0.717, 1.165) is 31.5 Å². The quantitative estimate of drug-likeness (QED) is 0.315. The average Bonchev–Trinajstić information content (AvgIpc) is 3.72. The second kappa shape index (κ2) is 10.9. The summed E-state index contributed by atoms with van der Waals surface area (Å²) in [6.07, 6.45) is -1.77. The zero-order valence-electron chi connectivity index (χ0n) is 22.4. The van der Waals surface area contributed by atoms with Gasteiger partial charge in [-0.3, -0.25) is 4.79 Å². The van der Waals surface area contributed by atoms with Crippen LogP contribution >= 0.6 is 0 Å². The van der Waals surface area contributed by atoms with E-state index in [1.807, 2.05) is 6.92 Å². The molecule has 218 valence electrons. The average molecular weight is 576 g/mol. The molecule has 9 nitrogen and oxygen atoms in total. The summed E-state index contributed by atoms with van der Waals surface area (Å²) in [7, 11) is 1.27. The van der Waals surface area contributed by atoms with Crippen LogP contribution in [-0.4, -0.2) is 65.5 Å². The summed E-state index contributed by atoms with van der Waals surface area (Å²) < 4.78 is 68.4. The summed E-state index contributed by atoms with van der Waals surface area (Å²) in [4.78, 5) is 24.5. The van der Waals surface area contributed by atoms with Gasteiger partial charge >= 0.3 is 12.2 Å². The summed E-state index contributed by atoms with van der Waals surface area (Å²) >= 11 is 0. The fraction of sp³-hybridized carbons (Fsp3) is 0.429.